The number of hydrogen-bond donors (Lipinski definition) is 1. The first-order valence-corrected chi connectivity index (χ1v) is 4.63. The van der Waals surface area contributed by atoms with Crippen molar-refractivity contribution in [2.24, 2.45) is 7.05 Å². The molecule has 0 saturated heterocycles. The quantitative estimate of drug-likeness (QED) is 0.807. The molecular weight excluding hydrogens is 190 g/mol. The zero-order valence-corrected chi connectivity index (χ0v) is 8.77. The van der Waals surface area contributed by atoms with Gasteiger partial charge in [-0.3, -0.25) is 0 Å². The molecule has 0 spiro atoms. The van der Waals surface area contributed by atoms with E-state index in [-0.39, 0.29) is 0 Å². The number of hydrogen-bond acceptors (Lipinski definition) is 3. The van der Waals surface area contributed by atoms with Crippen molar-refractivity contribution in [3.8, 4) is 17.0 Å². The predicted octanol–water partition coefficient (Wildman–Crippen LogP) is 1.68. The van der Waals surface area contributed by atoms with Gasteiger partial charge < -0.3 is 15.0 Å². The summed E-state index contributed by atoms with van der Waals surface area (Å²) >= 11 is 0. The molecule has 1 aromatic carbocycles. The third kappa shape index (κ3) is 1.66. The van der Waals surface area contributed by atoms with Gasteiger partial charge in [0.05, 0.1) is 13.4 Å². The van der Waals surface area contributed by atoms with E-state index in [1.54, 1.807) is 18.0 Å². The van der Waals surface area contributed by atoms with Gasteiger partial charge in [0.1, 0.15) is 17.3 Å². The molecule has 0 atom stereocenters. The number of imidazole rings is 1. The maximum absolute atomic E-state index is 5.87. The molecule has 0 radical (unpaired) electrons. The van der Waals surface area contributed by atoms with Crippen LogP contribution in [-0.4, -0.2) is 16.7 Å². The van der Waals surface area contributed by atoms with E-state index < -0.39 is 0 Å². The second kappa shape index (κ2) is 3.65. The zero-order valence-electron chi connectivity index (χ0n) is 8.77. The fourth-order valence-corrected chi connectivity index (χ4v) is 1.41. The van der Waals surface area contributed by atoms with Crippen molar-refractivity contribution < 1.29 is 4.74 Å². The molecule has 0 aliphatic heterocycles. The van der Waals surface area contributed by atoms with Crippen LogP contribution in [0.4, 0.5) is 5.82 Å². The molecule has 4 nitrogen and oxygen atoms in total. The van der Waals surface area contributed by atoms with Crippen LogP contribution in [0.3, 0.4) is 0 Å². The minimum absolute atomic E-state index is 0.667. The zero-order chi connectivity index (χ0) is 10.8. The van der Waals surface area contributed by atoms with Crippen molar-refractivity contribution in [2.75, 3.05) is 12.8 Å². The van der Waals surface area contributed by atoms with Gasteiger partial charge in [0, 0.05) is 12.6 Å². The number of aromatic nitrogens is 2. The Morgan fingerprint density at radius 3 is 2.40 bits per heavy atom. The molecule has 0 fully saturated rings. The molecular formula is C11H13N3O. The summed E-state index contributed by atoms with van der Waals surface area (Å²) in [6, 6.07) is 7.67. The number of aryl methyl sites for hydroxylation is 1. The Morgan fingerprint density at radius 2 is 1.93 bits per heavy atom. The van der Waals surface area contributed by atoms with Gasteiger partial charge in [0.15, 0.2) is 0 Å². The Labute approximate surface area is 88.3 Å². The predicted molar refractivity (Wildman–Crippen MR) is 59.6 cm³/mol. The minimum Gasteiger partial charge on any atom is -0.497 e. The topological polar surface area (TPSA) is 53.1 Å². The monoisotopic (exact) mass is 203 g/mol. The average molecular weight is 203 g/mol. The summed E-state index contributed by atoms with van der Waals surface area (Å²) in [4.78, 5) is 4.24. The van der Waals surface area contributed by atoms with E-state index in [1.807, 2.05) is 31.3 Å². The maximum atomic E-state index is 5.87. The van der Waals surface area contributed by atoms with Crippen LogP contribution in [0.1, 0.15) is 0 Å². The molecule has 1 heterocycles. The lowest BCUT2D eigenvalue weighted by atomic mass is 10.1. The van der Waals surface area contributed by atoms with Gasteiger partial charge in [-0.2, -0.15) is 0 Å². The lowest BCUT2D eigenvalue weighted by Gasteiger charge is -2.02. The third-order valence-corrected chi connectivity index (χ3v) is 2.35. The van der Waals surface area contributed by atoms with Gasteiger partial charge in [-0.25, -0.2) is 4.98 Å². The van der Waals surface area contributed by atoms with E-state index in [9.17, 15) is 0 Å². The smallest absolute Gasteiger partial charge is 0.131 e. The van der Waals surface area contributed by atoms with E-state index in [2.05, 4.69) is 4.98 Å². The third-order valence-electron chi connectivity index (χ3n) is 2.35. The molecule has 2 rings (SSSR count). The van der Waals surface area contributed by atoms with Gasteiger partial charge in [-0.15, -0.1) is 0 Å². The number of ether oxygens (including phenoxy) is 1. The maximum Gasteiger partial charge on any atom is 0.131 e. The molecule has 2 N–H and O–H groups in total. The summed E-state index contributed by atoms with van der Waals surface area (Å²) in [5.74, 6) is 1.49. The van der Waals surface area contributed by atoms with Crippen LogP contribution in [0.15, 0.2) is 30.6 Å². The summed E-state index contributed by atoms with van der Waals surface area (Å²) < 4.78 is 6.87. The SMILES string of the molecule is COc1ccc(-c2ncn(C)c2N)cc1. The van der Waals surface area contributed by atoms with Crippen LogP contribution < -0.4 is 10.5 Å². The number of nitrogens with two attached hydrogens (primary N) is 1. The van der Waals surface area contributed by atoms with Gasteiger partial charge in [0.25, 0.3) is 0 Å². The lowest BCUT2D eigenvalue weighted by molar-refractivity contribution is 0.415. The van der Waals surface area contributed by atoms with Crippen molar-refractivity contribution in [3.63, 3.8) is 0 Å². The molecule has 0 amide bonds. The molecule has 0 bridgehead atoms. The summed E-state index contributed by atoms with van der Waals surface area (Å²) in [6.45, 7) is 0. The Hall–Kier alpha value is -1.97. The van der Waals surface area contributed by atoms with Crippen LogP contribution in [0.2, 0.25) is 0 Å². The highest BCUT2D eigenvalue weighted by molar-refractivity contribution is 5.70. The van der Waals surface area contributed by atoms with Gasteiger partial charge in [-0.05, 0) is 24.3 Å². The summed E-state index contributed by atoms with van der Waals surface area (Å²) in [5, 5.41) is 0. The average Bonchev–Trinajstić information content (AvgIpc) is 2.60. The number of nitrogens with zero attached hydrogens (tertiary/aromatic N) is 2. The van der Waals surface area contributed by atoms with Crippen molar-refractivity contribution in [1.29, 1.82) is 0 Å². The van der Waals surface area contributed by atoms with E-state index in [4.69, 9.17) is 10.5 Å². The number of benzene rings is 1. The van der Waals surface area contributed by atoms with Crippen LogP contribution in [-0.2, 0) is 7.05 Å². The van der Waals surface area contributed by atoms with Crippen LogP contribution in [0.25, 0.3) is 11.3 Å². The Balaban J connectivity index is 2.41. The van der Waals surface area contributed by atoms with E-state index >= 15 is 0 Å². The van der Waals surface area contributed by atoms with Crippen molar-refractivity contribution in [1.82, 2.24) is 9.55 Å². The second-order valence-electron chi connectivity index (χ2n) is 3.32. The standard InChI is InChI=1S/C11H13N3O/c1-14-7-13-10(11(14)12)8-3-5-9(15-2)6-4-8/h3-7H,12H2,1-2H3. The molecule has 0 aliphatic carbocycles. The van der Waals surface area contributed by atoms with Gasteiger partial charge in [-0.1, -0.05) is 0 Å². The largest absolute Gasteiger partial charge is 0.497 e. The number of methoxy groups -OCH3 is 1. The van der Waals surface area contributed by atoms with Crippen molar-refractivity contribution in [2.45, 2.75) is 0 Å². The summed E-state index contributed by atoms with van der Waals surface area (Å²) in [6.07, 6.45) is 1.70. The molecule has 78 valence electrons. The fraction of sp³-hybridized carbons (Fsp3) is 0.182. The number of nitrogen functional groups attached to an aromatic ring is 1. The Kier molecular flexibility index (Phi) is 2.33. The molecule has 4 heteroatoms. The van der Waals surface area contributed by atoms with E-state index in [0.29, 0.717) is 5.82 Å². The number of rotatable bonds is 2. The number of anilines is 1. The van der Waals surface area contributed by atoms with Gasteiger partial charge >= 0.3 is 0 Å². The van der Waals surface area contributed by atoms with Crippen molar-refractivity contribution in [3.05, 3.63) is 30.6 Å². The Bertz CT molecular complexity index is 459. The molecule has 0 unspecified atom stereocenters. The van der Waals surface area contributed by atoms with Crippen molar-refractivity contribution >= 4 is 5.82 Å². The molecule has 2 aromatic rings. The highest BCUT2D eigenvalue weighted by atomic mass is 16.5. The Morgan fingerprint density at radius 1 is 1.27 bits per heavy atom. The normalized spacial score (nSPS) is 10.3. The summed E-state index contributed by atoms with van der Waals surface area (Å²) in [5.41, 5.74) is 7.67. The second-order valence-corrected chi connectivity index (χ2v) is 3.32. The lowest BCUT2D eigenvalue weighted by Crippen LogP contribution is -1.95. The van der Waals surface area contributed by atoms with E-state index in [1.165, 1.54) is 0 Å². The fourth-order valence-electron chi connectivity index (χ4n) is 1.41. The minimum atomic E-state index is 0.667. The molecule has 0 saturated carbocycles. The van der Waals surface area contributed by atoms with Crippen LogP contribution >= 0.6 is 0 Å². The van der Waals surface area contributed by atoms with Gasteiger partial charge in [0.2, 0.25) is 0 Å². The highest BCUT2D eigenvalue weighted by Gasteiger charge is 2.07. The summed E-state index contributed by atoms with van der Waals surface area (Å²) in [7, 11) is 3.51. The van der Waals surface area contributed by atoms with Crippen LogP contribution in [0.5, 0.6) is 5.75 Å². The molecule has 0 aliphatic rings. The highest BCUT2D eigenvalue weighted by Crippen LogP contribution is 2.25. The molecule has 15 heavy (non-hydrogen) atoms. The molecule has 1 aromatic heterocycles. The first-order valence-electron chi connectivity index (χ1n) is 4.63. The van der Waals surface area contributed by atoms with E-state index in [0.717, 1.165) is 17.0 Å². The first kappa shape index (κ1) is 9.58. The van der Waals surface area contributed by atoms with Crippen LogP contribution in [0, 0.1) is 0 Å². The first-order chi connectivity index (χ1) is 7.22.